The highest BCUT2D eigenvalue weighted by Crippen LogP contribution is 2.36. The molecule has 0 amide bonds. The van der Waals surface area contributed by atoms with Crippen LogP contribution in [0.15, 0.2) is 30.7 Å². The van der Waals surface area contributed by atoms with E-state index in [0.29, 0.717) is 5.82 Å². The lowest BCUT2D eigenvalue weighted by Gasteiger charge is -1.95. The van der Waals surface area contributed by atoms with E-state index in [0.717, 1.165) is 20.9 Å². The van der Waals surface area contributed by atoms with E-state index in [9.17, 15) is 9.50 Å². The van der Waals surface area contributed by atoms with E-state index in [-0.39, 0.29) is 6.61 Å². The van der Waals surface area contributed by atoms with Gasteiger partial charge in [-0.15, -0.1) is 11.3 Å². The normalized spacial score (nSPS) is 10.8. The lowest BCUT2D eigenvalue weighted by atomic mass is 10.2. The van der Waals surface area contributed by atoms with Crippen molar-refractivity contribution in [3.05, 3.63) is 42.2 Å². The summed E-state index contributed by atoms with van der Waals surface area (Å²) in [4.78, 5) is 9.23. The van der Waals surface area contributed by atoms with Crippen LogP contribution in [0.1, 0.15) is 5.56 Å². The number of hydrogen-bond acceptors (Lipinski definition) is 5. The standard InChI is InChI=1S/C12H9FN4OS/c13-10-4-7(1-2-14-10)9-3-8(5-18)11(19-9)12-15-6-16-17-12/h1-4,6,18H,5H2,(H,15,16,17). The first-order valence-electron chi connectivity index (χ1n) is 5.49. The molecule has 0 radical (unpaired) electrons. The van der Waals surface area contributed by atoms with Crippen LogP contribution < -0.4 is 0 Å². The zero-order valence-corrected chi connectivity index (χ0v) is 10.5. The highest BCUT2D eigenvalue weighted by atomic mass is 32.1. The highest BCUT2D eigenvalue weighted by Gasteiger charge is 2.14. The van der Waals surface area contributed by atoms with E-state index in [4.69, 9.17) is 0 Å². The Balaban J connectivity index is 2.10. The molecule has 0 aliphatic carbocycles. The molecule has 3 aromatic rings. The van der Waals surface area contributed by atoms with E-state index in [1.807, 2.05) is 6.07 Å². The number of aromatic nitrogens is 4. The highest BCUT2D eigenvalue weighted by molar-refractivity contribution is 7.19. The first kappa shape index (κ1) is 11.9. The maximum Gasteiger partial charge on any atom is 0.213 e. The molecular weight excluding hydrogens is 267 g/mol. The van der Waals surface area contributed by atoms with Gasteiger partial charge in [-0.1, -0.05) is 0 Å². The Morgan fingerprint density at radius 3 is 2.89 bits per heavy atom. The predicted octanol–water partition coefficient (Wildman–Crippen LogP) is 2.23. The molecule has 0 atom stereocenters. The van der Waals surface area contributed by atoms with Crippen molar-refractivity contribution >= 4 is 11.3 Å². The van der Waals surface area contributed by atoms with Crippen LogP contribution >= 0.6 is 11.3 Å². The molecule has 19 heavy (non-hydrogen) atoms. The summed E-state index contributed by atoms with van der Waals surface area (Å²) in [6.45, 7) is -0.111. The molecule has 3 aromatic heterocycles. The van der Waals surface area contributed by atoms with Crippen molar-refractivity contribution in [3.8, 4) is 21.1 Å². The predicted molar refractivity (Wildman–Crippen MR) is 68.8 cm³/mol. The molecular formula is C12H9FN4OS. The third-order valence-electron chi connectivity index (χ3n) is 2.62. The van der Waals surface area contributed by atoms with Gasteiger partial charge in [0.1, 0.15) is 6.33 Å². The topological polar surface area (TPSA) is 74.7 Å². The second kappa shape index (κ2) is 4.87. The summed E-state index contributed by atoms with van der Waals surface area (Å²) in [6, 6.07) is 4.90. The maximum absolute atomic E-state index is 13.1. The third kappa shape index (κ3) is 2.25. The summed E-state index contributed by atoms with van der Waals surface area (Å²) in [5, 5.41) is 15.9. The second-order valence-corrected chi connectivity index (χ2v) is 4.88. The number of aliphatic hydroxyl groups excluding tert-OH is 1. The van der Waals surface area contributed by atoms with Crippen LogP contribution in [-0.4, -0.2) is 25.3 Å². The van der Waals surface area contributed by atoms with Crippen LogP contribution in [0.5, 0.6) is 0 Å². The fourth-order valence-electron chi connectivity index (χ4n) is 1.76. The zero-order valence-electron chi connectivity index (χ0n) is 9.67. The van der Waals surface area contributed by atoms with Gasteiger partial charge >= 0.3 is 0 Å². The van der Waals surface area contributed by atoms with Crippen LogP contribution in [0, 0.1) is 5.95 Å². The number of aromatic amines is 1. The summed E-state index contributed by atoms with van der Waals surface area (Å²) in [6.07, 6.45) is 2.82. The Kier molecular flexibility index (Phi) is 3.06. The molecule has 5 nitrogen and oxygen atoms in total. The molecule has 3 rings (SSSR count). The second-order valence-electron chi connectivity index (χ2n) is 3.82. The Morgan fingerprint density at radius 2 is 2.21 bits per heavy atom. The van der Waals surface area contributed by atoms with Gasteiger partial charge in [-0.05, 0) is 23.3 Å². The van der Waals surface area contributed by atoms with E-state index in [2.05, 4.69) is 20.2 Å². The number of thiophene rings is 1. The summed E-state index contributed by atoms with van der Waals surface area (Å²) >= 11 is 1.42. The molecule has 0 saturated heterocycles. The number of nitrogens with one attached hydrogen (secondary N) is 1. The molecule has 0 aromatic carbocycles. The van der Waals surface area contributed by atoms with Gasteiger partial charge in [0.2, 0.25) is 5.95 Å². The zero-order chi connectivity index (χ0) is 13.2. The van der Waals surface area contributed by atoms with Crippen LogP contribution in [0.4, 0.5) is 4.39 Å². The Bertz CT molecular complexity index is 696. The Labute approximate surface area is 111 Å². The molecule has 0 aliphatic rings. The van der Waals surface area contributed by atoms with Crippen molar-refractivity contribution in [2.75, 3.05) is 0 Å². The van der Waals surface area contributed by atoms with Gasteiger partial charge in [-0.25, -0.2) is 9.97 Å². The minimum Gasteiger partial charge on any atom is -0.392 e. The van der Waals surface area contributed by atoms with Gasteiger partial charge in [-0.3, -0.25) is 5.10 Å². The molecule has 0 spiro atoms. The van der Waals surface area contributed by atoms with E-state index >= 15 is 0 Å². The van der Waals surface area contributed by atoms with Crippen LogP contribution in [0.3, 0.4) is 0 Å². The lowest BCUT2D eigenvalue weighted by Crippen LogP contribution is -1.84. The third-order valence-corrected chi connectivity index (χ3v) is 3.85. The molecule has 0 unspecified atom stereocenters. The quantitative estimate of drug-likeness (QED) is 0.719. The van der Waals surface area contributed by atoms with E-state index in [1.54, 1.807) is 6.07 Å². The van der Waals surface area contributed by atoms with Gasteiger partial charge in [0.15, 0.2) is 5.82 Å². The first-order valence-corrected chi connectivity index (χ1v) is 6.31. The van der Waals surface area contributed by atoms with Crippen molar-refractivity contribution in [1.82, 2.24) is 20.2 Å². The number of aliphatic hydroxyl groups is 1. The van der Waals surface area contributed by atoms with Gasteiger partial charge in [0.25, 0.3) is 0 Å². The van der Waals surface area contributed by atoms with Crippen molar-refractivity contribution in [2.24, 2.45) is 0 Å². The number of halogens is 1. The Hall–Kier alpha value is -2.12. The number of pyridine rings is 1. The molecule has 7 heteroatoms. The summed E-state index contributed by atoms with van der Waals surface area (Å²) < 4.78 is 13.1. The van der Waals surface area contributed by atoms with Crippen LogP contribution in [0.2, 0.25) is 0 Å². The summed E-state index contributed by atoms with van der Waals surface area (Å²) in [7, 11) is 0. The molecule has 2 N–H and O–H groups in total. The monoisotopic (exact) mass is 276 g/mol. The van der Waals surface area contributed by atoms with E-state index in [1.165, 1.54) is 29.9 Å². The fraction of sp³-hybridized carbons (Fsp3) is 0.0833. The Morgan fingerprint density at radius 1 is 1.32 bits per heavy atom. The molecule has 0 bridgehead atoms. The number of hydrogen-bond donors (Lipinski definition) is 2. The van der Waals surface area contributed by atoms with Crippen molar-refractivity contribution < 1.29 is 9.50 Å². The van der Waals surface area contributed by atoms with Crippen LogP contribution in [-0.2, 0) is 6.61 Å². The SMILES string of the molecule is OCc1cc(-c2ccnc(F)c2)sc1-c1ncn[nH]1. The molecule has 0 fully saturated rings. The number of H-pyrrole nitrogens is 1. The average molecular weight is 276 g/mol. The maximum atomic E-state index is 13.1. The van der Waals surface area contributed by atoms with Gasteiger partial charge in [0, 0.05) is 17.1 Å². The minimum absolute atomic E-state index is 0.111. The summed E-state index contributed by atoms with van der Waals surface area (Å²) in [5.74, 6) is 0.0625. The lowest BCUT2D eigenvalue weighted by molar-refractivity contribution is 0.283. The van der Waals surface area contributed by atoms with Gasteiger partial charge in [-0.2, -0.15) is 9.49 Å². The van der Waals surface area contributed by atoms with Gasteiger partial charge < -0.3 is 5.11 Å². The first-order chi connectivity index (χ1) is 9.28. The van der Waals surface area contributed by atoms with Gasteiger partial charge in [0.05, 0.1) is 11.5 Å². The van der Waals surface area contributed by atoms with E-state index < -0.39 is 5.95 Å². The minimum atomic E-state index is -0.530. The molecule has 0 saturated carbocycles. The fourth-order valence-corrected chi connectivity index (χ4v) is 2.88. The molecule has 0 aliphatic heterocycles. The largest absolute Gasteiger partial charge is 0.392 e. The molecule has 3 heterocycles. The summed E-state index contributed by atoms with van der Waals surface area (Å²) in [5.41, 5.74) is 1.45. The van der Waals surface area contributed by atoms with Crippen molar-refractivity contribution in [2.45, 2.75) is 6.61 Å². The average Bonchev–Trinajstić information content (AvgIpc) is 3.07. The van der Waals surface area contributed by atoms with Crippen LogP contribution in [0.25, 0.3) is 21.1 Å². The van der Waals surface area contributed by atoms with Crippen molar-refractivity contribution in [3.63, 3.8) is 0 Å². The smallest absolute Gasteiger partial charge is 0.213 e. The number of rotatable bonds is 3. The molecule has 96 valence electrons. The number of nitrogens with zero attached hydrogens (tertiary/aromatic N) is 3. The van der Waals surface area contributed by atoms with Crippen molar-refractivity contribution in [1.29, 1.82) is 0 Å².